The molecule has 2 aromatic heterocycles. The second kappa shape index (κ2) is 6.64. The Balaban J connectivity index is 0.00000162. The molecule has 92 valence electrons. The molecule has 0 radical (unpaired) electrons. The van der Waals surface area contributed by atoms with E-state index >= 15 is 0 Å². The molecular weight excluding hydrogens is 360 g/mol. The molecule has 2 rings (SSSR count). The summed E-state index contributed by atoms with van der Waals surface area (Å²) in [6.07, 6.45) is 1.34. The summed E-state index contributed by atoms with van der Waals surface area (Å²) in [6, 6.07) is 0. The zero-order valence-electron chi connectivity index (χ0n) is 9.05. The third kappa shape index (κ3) is 3.11. The van der Waals surface area contributed by atoms with Crippen molar-refractivity contribution in [1.29, 1.82) is 0 Å². The van der Waals surface area contributed by atoms with Crippen LogP contribution in [0.25, 0.3) is 11.0 Å². The fraction of sp³-hybridized carbons (Fsp3) is 0.333. The number of ether oxygens (including phenoxy) is 1. The van der Waals surface area contributed by atoms with Gasteiger partial charge < -0.3 is 10.5 Å². The van der Waals surface area contributed by atoms with Gasteiger partial charge in [-0.05, 0) is 29.5 Å². The first-order chi connectivity index (χ1) is 8.13. The van der Waals surface area contributed by atoms with E-state index < -0.39 is 0 Å². The van der Waals surface area contributed by atoms with Gasteiger partial charge in [-0.3, -0.25) is 4.79 Å². The number of nitrogen functional groups attached to an aromatic ring is 1. The molecule has 0 aliphatic rings. The number of esters is 1. The average molecular weight is 371 g/mol. The number of nitrogens with zero attached hydrogens (tertiary/aromatic N) is 4. The SMILES string of the molecule is CCOC(=O)Cn1nc(I)c2c(N)ncnc21.[NaH]. The van der Waals surface area contributed by atoms with Crippen LogP contribution in [-0.4, -0.2) is 61.9 Å². The van der Waals surface area contributed by atoms with Crippen LogP contribution in [0.4, 0.5) is 5.82 Å². The van der Waals surface area contributed by atoms with Gasteiger partial charge >= 0.3 is 35.5 Å². The van der Waals surface area contributed by atoms with Gasteiger partial charge in [0, 0.05) is 0 Å². The van der Waals surface area contributed by atoms with Crippen molar-refractivity contribution < 1.29 is 9.53 Å². The Hall–Kier alpha value is -0.450. The minimum atomic E-state index is -0.356. The summed E-state index contributed by atoms with van der Waals surface area (Å²) in [7, 11) is 0. The van der Waals surface area contributed by atoms with Crippen molar-refractivity contribution in [2.75, 3.05) is 12.3 Å². The van der Waals surface area contributed by atoms with E-state index in [-0.39, 0.29) is 42.1 Å². The molecule has 0 aromatic carbocycles. The summed E-state index contributed by atoms with van der Waals surface area (Å²) < 4.78 is 6.99. The maximum absolute atomic E-state index is 11.4. The van der Waals surface area contributed by atoms with Crippen molar-refractivity contribution in [3.63, 3.8) is 0 Å². The topological polar surface area (TPSA) is 95.9 Å². The van der Waals surface area contributed by atoms with E-state index in [4.69, 9.17) is 10.5 Å². The molecule has 0 unspecified atom stereocenters. The molecule has 18 heavy (non-hydrogen) atoms. The summed E-state index contributed by atoms with van der Waals surface area (Å²) in [5, 5.41) is 4.86. The van der Waals surface area contributed by atoms with E-state index in [1.54, 1.807) is 6.92 Å². The monoisotopic (exact) mass is 371 g/mol. The molecule has 0 atom stereocenters. The number of fused-ring (bicyclic) bond motifs is 1. The maximum atomic E-state index is 11.4. The summed E-state index contributed by atoms with van der Waals surface area (Å²) in [4.78, 5) is 19.4. The third-order valence-corrected chi connectivity index (χ3v) is 2.86. The standard InChI is InChI=1S/C9H10IN5O2.Na.H/c1-2-17-5(16)3-15-9-6(7(10)14-15)8(11)12-4-13-9;;/h4H,2-3H2,1H3,(H2,11,12,13);;. The van der Waals surface area contributed by atoms with E-state index in [9.17, 15) is 4.79 Å². The molecule has 7 nitrogen and oxygen atoms in total. The molecule has 0 fully saturated rings. The Morgan fingerprint density at radius 1 is 1.56 bits per heavy atom. The van der Waals surface area contributed by atoms with Gasteiger partial charge in [-0.25, -0.2) is 14.6 Å². The van der Waals surface area contributed by atoms with Gasteiger partial charge in [0.15, 0.2) is 5.65 Å². The number of hydrogen-bond donors (Lipinski definition) is 1. The normalized spacial score (nSPS) is 10.1. The molecule has 9 heteroatoms. The van der Waals surface area contributed by atoms with E-state index in [1.807, 2.05) is 22.6 Å². The van der Waals surface area contributed by atoms with Crippen molar-refractivity contribution in [2.45, 2.75) is 13.5 Å². The van der Waals surface area contributed by atoms with Crippen molar-refractivity contribution in [1.82, 2.24) is 19.7 Å². The summed E-state index contributed by atoms with van der Waals surface area (Å²) in [5.41, 5.74) is 6.27. The molecule has 0 spiro atoms. The summed E-state index contributed by atoms with van der Waals surface area (Å²) >= 11 is 2.03. The molecule has 0 aliphatic heterocycles. The predicted molar refractivity (Wildman–Crippen MR) is 76.2 cm³/mol. The quantitative estimate of drug-likeness (QED) is 0.461. The fourth-order valence-electron chi connectivity index (χ4n) is 1.43. The van der Waals surface area contributed by atoms with Crippen molar-refractivity contribution >= 4 is 75.0 Å². The van der Waals surface area contributed by atoms with Gasteiger partial charge in [0.25, 0.3) is 0 Å². The van der Waals surface area contributed by atoms with Gasteiger partial charge in [-0.2, -0.15) is 5.10 Å². The molecule has 2 aromatic rings. The molecule has 2 heterocycles. The minimum absolute atomic E-state index is 0. The molecule has 0 aliphatic carbocycles. The third-order valence-electron chi connectivity index (χ3n) is 2.10. The van der Waals surface area contributed by atoms with E-state index in [2.05, 4.69) is 15.1 Å². The summed E-state index contributed by atoms with van der Waals surface area (Å²) in [5.74, 6) is -0.00000690. The molecule has 0 saturated carbocycles. The summed E-state index contributed by atoms with van der Waals surface area (Å²) in [6.45, 7) is 2.11. The fourth-order valence-corrected chi connectivity index (χ4v) is 2.20. The second-order valence-electron chi connectivity index (χ2n) is 3.21. The number of halogens is 1. The second-order valence-corrected chi connectivity index (χ2v) is 4.23. The Labute approximate surface area is 139 Å². The van der Waals surface area contributed by atoms with Crippen LogP contribution in [0.5, 0.6) is 0 Å². The van der Waals surface area contributed by atoms with Crippen LogP contribution in [-0.2, 0) is 16.1 Å². The number of hydrogen-bond acceptors (Lipinski definition) is 6. The Kier molecular flexibility index (Phi) is 5.76. The van der Waals surface area contributed by atoms with Crippen molar-refractivity contribution in [2.24, 2.45) is 0 Å². The van der Waals surface area contributed by atoms with Gasteiger partial charge in [0.05, 0.1) is 12.0 Å². The molecule has 0 amide bonds. The van der Waals surface area contributed by atoms with Crippen LogP contribution >= 0.6 is 22.6 Å². The average Bonchev–Trinajstić information content (AvgIpc) is 2.57. The predicted octanol–water partition coefficient (Wildman–Crippen LogP) is -0.0723. The number of aromatic nitrogens is 4. The van der Waals surface area contributed by atoms with Crippen LogP contribution in [0.1, 0.15) is 6.92 Å². The number of carbonyl (C=O) groups excluding carboxylic acids is 1. The van der Waals surface area contributed by atoms with Gasteiger partial charge in [-0.15, -0.1) is 0 Å². The Bertz CT molecular complexity index is 573. The number of anilines is 1. The van der Waals surface area contributed by atoms with Gasteiger partial charge in [0.1, 0.15) is 22.4 Å². The first-order valence-corrected chi connectivity index (χ1v) is 5.99. The zero-order chi connectivity index (χ0) is 12.4. The molecule has 0 saturated heterocycles. The first-order valence-electron chi connectivity index (χ1n) is 4.91. The zero-order valence-corrected chi connectivity index (χ0v) is 11.2. The molecule has 2 N–H and O–H groups in total. The van der Waals surface area contributed by atoms with E-state index in [1.165, 1.54) is 11.0 Å². The van der Waals surface area contributed by atoms with E-state index in [0.29, 0.717) is 27.2 Å². The number of nitrogens with two attached hydrogens (primary N) is 1. The van der Waals surface area contributed by atoms with Crippen molar-refractivity contribution in [3.05, 3.63) is 10.0 Å². The first kappa shape index (κ1) is 15.6. The molecular formula is C9H11IN5NaO2. The van der Waals surface area contributed by atoms with Crippen LogP contribution in [0.2, 0.25) is 0 Å². The van der Waals surface area contributed by atoms with Gasteiger partial charge in [-0.1, -0.05) is 0 Å². The number of carbonyl (C=O) groups is 1. The Morgan fingerprint density at radius 3 is 2.94 bits per heavy atom. The van der Waals surface area contributed by atoms with Crippen LogP contribution in [0, 0.1) is 3.70 Å². The van der Waals surface area contributed by atoms with Crippen molar-refractivity contribution in [3.8, 4) is 0 Å². The molecule has 0 bridgehead atoms. The van der Waals surface area contributed by atoms with Gasteiger partial charge in [0.2, 0.25) is 0 Å². The van der Waals surface area contributed by atoms with Crippen LogP contribution in [0.3, 0.4) is 0 Å². The van der Waals surface area contributed by atoms with E-state index in [0.717, 1.165) is 0 Å². The van der Waals surface area contributed by atoms with Crippen LogP contribution < -0.4 is 5.73 Å². The number of rotatable bonds is 3. The van der Waals surface area contributed by atoms with Crippen LogP contribution in [0.15, 0.2) is 6.33 Å². The Morgan fingerprint density at radius 2 is 2.28 bits per heavy atom.